The maximum atomic E-state index is 12.0. The third kappa shape index (κ3) is 6.01. The van der Waals surface area contributed by atoms with Crippen molar-refractivity contribution in [1.29, 1.82) is 0 Å². The van der Waals surface area contributed by atoms with Crippen molar-refractivity contribution in [1.82, 2.24) is 5.32 Å². The summed E-state index contributed by atoms with van der Waals surface area (Å²) < 4.78 is 15.8. The van der Waals surface area contributed by atoms with E-state index in [0.29, 0.717) is 29.5 Å². The topological polar surface area (TPSA) is 85.9 Å². The van der Waals surface area contributed by atoms with E-state index in [4.69, 9.17) is 14.2 Å². The Balaban J connectivity index is 1.75. The Bertz CT molecular complexity index is 731. The highest BCUT2D eigenvalue weighted by Crippen LogP contribution is 2.23. The Morgan fingerprint density at radius 1 is 0.923 bits per heavy atom. The van der Waals surface area contributed by atoms with Gasteiger partial charge in [-0.25, -0.2) is 0 Å². The molecular formula is C19H22N2O5. The SMILES string of the molecule is CCOc1ccccc1NC(=O)CNC(=O)COc1ccc(OC)cc1. The minimum absolute atomic E-state index is 0.161. The summed E-state index contributed by atoms with van der Waals surface area (Å²) in [4.78, 5) is 23.8. The molecule has 2 rings (SSSR count). The van der Waals surface area contributed by atoms with Gasteiger partial charge in [0.25, 0.3) is 5.91 Å². The maximum absolute atomic E-state index is 12.0. The molecule has 0 aliphatic carbocycles. The van der Waals surface area contributed by atoms with E-state index in [1.54, 1.807) is 49.6 Å². The zero-order valence-electron chi connectivity index (χ0n) is 14.8. The lowest BCUT2D eigenvalue weighted by atomic mass is 10.3. The van der Waals surface area contributed by atoms with Crippen LogP contribution in [0.15, 0.2) is 48.5 Å². The lowest BCUT2D eigenvalue weighted by Gasteiger charge is -2.12. The molecule has 0 bridgehead atoms. The maximum Gasteiger partial charge on any atom is 0.258 e. The normalized spacial score (nSPS) is 9.92. The molecule has 7 nitrogen and oxygen atoms in total. The van der Waals surface area contributed by atoms with Gasteiger partial charge in [-0.3, -0.25) is 9.59 Å². The van der Waals surface area contributed by atoms with Gasteiger partial charge in [0.05, 0.1) is 25.9 Å². The molecule has 0 aliphatic rings. The van der Waals surface area contributed by atoms with Crippen molar-refractivity contribution in [3.8, 4) is 17.2 Å². The van der Waals surface area contributed by atoms with Crippen molar-refractivity contribution < 1.29 is 23.8 Å². The number of hydrogen-bond acceptors (Lipinski definition) is 5. The molecule has 2 aromatic rings. The Labute approximate surface area is 152 Å². The molecule has 2 amide bonds. The van der Waals surface area contributed by atoms with Crippen molar-refractivity contribution in [2.75, 3.05) is 32.2 Å². The van der Waals surface area contributed by atoms with Crippen LogP contribution in [0.4, 0.5) is 5.69 Å². The number of anilines is 1. The van der Waals surface area contributed by atoms with Crippen molar-refractivity contribution in [2.45, 2.75) is 6.92 Å². The van der Waals surface area contributed by atoms with Crippen LogP contribution < -0.4 is 24.8 Å². The molecule has 138 valence electrons. The summed E-state index contributed by atoms with van der Waals surface area (Å²) in [6.07, 6.45) is 0. The van der Waals surface area contributed by atoms with E-state index in [2.05, 4.69) is 10.6 Å². The molecule has 2 aromatic carbocycles. The van der Waals surface area contributed by atoms with Crippen molar-refractivity contribution in [3.63, 3.8) is 0 Å². The van der Waals surface area contributed by atoms with Crippen LogP contribution in [0.3, 0.4) is 0 Å². The van der Waals surface area contributed by atoms with Gasteiger partial charge < -0.3 is 24.8 Å². The monoisotopic (exact) mass is 358 g/mol. The van der Waals surface area contributed by atoms with Crippen LogP contribution in [0.1, 0.15) is 6.92 Å². The average Bonchev–Trinajstić information content (AvgIpc) is 2.67. The Morgan fingerprint density at radius 2 is 1.62 bits per heavy atom. The standard InChI is InChI=1S/C19H22N2O5/c1-3-25-17-7-5-4-6-16(17)21-18(22)12-20-19(23)13-26-15-10-8-14(24-2)9-11-15/h4-11H,3,12-13H2,1-2H3,(H,20,23)(H,21,22). The minimum atomic E-state index is -0.394. The molecule has 2 N–H and O–H groups in total. The van der Waals surface area contributed by atoms with Crippen LogP contribution in [-0.4, -0.2) is 38.7 Å². The molecular weight excluding hydrogens is 336 g/mol. The predicted molar refractivity (Wildman–Crippen MR) is 97.7 cm³/mol. The second-order valence-electron chi connectivity index (χ2n) is 5.22. The van der Waals surface area contributed by atoms with Gasteiger partial charge in [0, 0.05) is 0 Å². The first-order valence-electron chi connectivity index (χ1n) is 8.17. The van der Waals surface area contributed by atoms with Gasteiger partial charge in [0.1, 0.15) is 17.2 Å². The van der Waals surface area contributed by atoms with Crippen LogP contribution in [-0.2, 0) is 9.59 Å². The van der Waals surface area contributed by atoms with E-state index < -0.39 is 5.91 Å². The molecule has 7 heteroatoms. The second kappa shape index (κ2) is 9.93. The molecule has 0 aliphatic heterocycles. The van der Waals surface area contributed by atoms with E-state index in [-0.39, 0.29) is 19.1 Å². The smallest absolute Gasteiger partial charge is 0.258 e. The van der Waals surface area contributed by atoms with Crippen molar-refractivity contribution in [3.05, 3.63) is 48.5 Å². The van der Waals surface area contributed by atoms with Gasteiger partial charge in [0.2, 0.25) is 5.91 Å². The Hall–Kier alpha value is -3.22. The summed E-state index contributed by atoms with van der Waals surface area (Å²) in [5.74, 6) is 1.07. The number of methoxy groups -OCH3 is 1. The van der Waals surface area contributed by atoms with Gasteiger partial charge in [-0.1, -0.05) is 12.1 Å². The average molecular weight is 358 g/mol. The first-order chi connectivity index (χ1) is 12.6. The van der Waals surface area contributed by atoms with Gasteiger partial charge in [-0.15, -0.1) is 0 Å². The summed E-state index contributed by atoms with van der Waals surface area (Å²) in [6, 6.07) is 14.0. The fraction of sp³-hybridized carbons (Fsp3) is 0.263. The van der Waals surface area contributed by atoms with Gasteiger partial charge >= 0.3 is 0 Å². The summed E-state index contributed by atoms with van der Waals surface area (Å²) in [5, 5.41) is 5.21. The Morgan fingerprint density at radius 3 is 2.31 bits per heavy atom. The molecule has 0 heterocycles. The van der Waals surface area contributed by atoms with Gasteiger partial charge in [-0.2, -0.15) is 0 Å². The number of nitrogens with one attached hydrogen (secondary N) is 2. The Kier molecular flexibility index (Phi) is 7.30. The van der Waals surface area contributed by atoms with E-state index in [1.165, 1.54) is 0 Å². The van der Waals surface area contributed by atoms with Crippen LogP contribution in [0, 0.1) is 0 Å². The van der Waals surface area contributed by atoms with E-state index in [0.717, 1.165) is 0 Å². The van der Waals surface area contributed by atoms with Gasteiger partial charge in [0.15, 0.2) is 6.61 Å². The van der Waals surface area contributed by atoms with Crippen LogP contribution >= 0.6 is 0 Å². The number of amides is 2. The number of carbonyl (C=O) groups excluding carboxylic acids is 2. The number of benzene rings is 2. The molecule has 0 unspecified atom stereocenters. The first-order valence-corrected chi connectivity index (χ1v) is 8.17. The molecule has 0 spiro atoms. The summed E-state index contributed by atoms with van der Waals surface area (Å²) in [6.45, 7) is 2.01. The van der Waals surface area contributed by atoms with Crippen molar-refractivity contribution >= 4 is 17.5 Å². The third-order valence-corrected chi connectivity index (χ3v) is 3.34. The highest BCUT2D eigenvalue weighted by molar-refractivity contribution is 5.95. The fourth-order valence-electron chi connectivity index (χ4n) is 2.10. The zero-order valence-corrected chi connectivity index (χ0v) is 14.8. The number of para-hydroxylation sites is 2. The van der Waals surface area contributed by atoms with Crippen molar-refractivity contribution in [2.24, 2.45) is 0 Å². The summed E-state index contributed by atoms with van der Waals surface area (Å²) >= 11 is 0. The zero-order chi connectivity index (χ0) is 18.8. The second-order valence-corrected chi connectivity index (χ2v) is 5.22. The first kappa shape index (κ1) is 19.1. The number of hydrogen-bond donors (Lipinski definition) is 2. The van der Waals surface area contributed by atoms with E-state index >= 15 is 0 Å². The number of carbonyl (C=O) groups is 2. The van der Waals surface area contributed by atoms with Crippen LogP contribution in [0.25, 0.3) is 0 Å². The van der Waals surface area contributed by atoms with Crippen LogP contribution in [0.2, 0.25) is 0 Å². The lowest BCUT2D eigenvalue weighted by molar-refractivity contribution is -0.125. The molecule has 26 heavy (non-hydrogen) atoms. The molecule has 0 radical (unpaired) electrons. The summed E-state index contributed by atoms with van der Waals surface area (Å²) in [7, 11) is 1.57. The fourth-order valence-corrected chi connectivity index (χ4v) is 2.10. The molecule has 0 aromatic heterocycles. The molecule has 0 atom stereocenters. The largest absolute Gasteiger partial charge is 0.497 e. The predicted octanol–water partition coefficient (Wildman–Crippen LogP) is 2.23. The van der Waals surface area contributed by atoms with Gasteiger partial charge in [-0.05, 0) is 43.3 Å². The molecule has 0 fully saturated rings. The molecule has 0 saturated carbocycles. The third-order valence-electron chi connectivity index (χ3n) is 3.34. The summed E-state index contributed by atoms with van der Waals surface area (Å²) in [5.41, 5.74) is 0.558. The van der Waals surface area contributed by atoms with E-state index in [1.807, 2.05) is 13.0 Å². The lowest BCUT2D eigenvalue weighted by Crippen LogP contribution is -2.35. The highest BCUT2D eigenvalue weighted by atomic mass is 16.5. The number of ether oxygens (including phenoxy) is 3. The minimum Gasteiger partial charge on any atom is -0.497 e. The van der Waals surface area contributed by atoms with Crippen LogP contribution in [0.5, 0.6) is 17.2 Å². The number of rotatable bonds is 9. The quantitative estimate of drug-likeness (QED) is 0.718. The highest BCUT2D eigenvalue weighted by Gasteiger charge is 2.09. The molecule has 0 saturated heterocycles. The van der Waals surface area contributed by atoms with E-state index in [9.17, 15) is 9.59 Å².